The first kappa shape index (κ1) is 18.5. The van der Waals surface area contributed by atoms with Gasteiger partial charge in [-0.05, 0) is 35.9 Å². The van der Waals surface area contributed by atoms with Gasteiger partial charge < -0.3 is 5.11 Å². The third-order valence-corrected chi connectivity index (χ3v) is 6.47. The molecule has 0 aliphatic carbocycles. The van der Waals surface area contributed by atoms with Crippen LogP contribution in [0, 0.1) is 0 Å². The van der Waals surface area contributed by atoms with Gasteiger partial charge in [-0.1, -0.05) is 54.2 Å². The molecule has 1 heterocycles. The van der Waals surface area contributed by atoms with Crippen LogP contribution in [0.2, 0.25) is 0 Å². The van der Waals surface area contributed by atoms with Crippen LogP contribution in [-0.4, -0.2) is 27.5 Å². The molecule has 0 saturated carbocycles. The molecule has 4 rings (SSSR count). The number of para-hydroxylation sites is 1. The number of hydrogen-bond donors (Lipinski definition) is 2. The molecular formula is C21H17N3O2S2. The molecule has 28 heavy (non-hydrogen) atoms. The third kappa shape index (κ3) is 3.85. The lowest BCUT2D eigenvalue weighted by molar-refractivity contribution is -0.120. The van der Waals surface area contributed by atoms with E-state index in [0.717, 1.165) is 25.3 Å². The Kier molecular flexibility index (Phi) is 5.27. The van der Waals surface area contributed by atoms with Crippen LogP contribution in [0.4, 0.5) is 0 Å². The molecule has 3 aromatic carbocycles. The smallest absolute Gasteiger partial charge is 0.253 e. The molecule has 0 aliphatic rings. The zero-order chi connectivity index (χ0) is 19.5. The fourth-order valence-corrected chi connectivity index (χ4v) is 4.98. The number of phenolic OH excluding ortho intramolecular Hbond substituents is 1. The lowest BCUT2D eigenvalue weighted by atomic mass is 10.0. The molecular weight excluding hydrogens is 390 g/mol. The monoisotopic (exact) mass is 407 g/mol. The number of nitrogens with zero attached hydrogens (tertiary/aromatic N) is 2. The van der Waals surface area contributed by atoms with E-state index >= 15 is 0 Å². The minimum Gasteiger partial charge on any atom is -0.507 e. The topological polar surface area (TPSA) is 74.6 Å². The Morgan fingerprint density at radius 3 is 2.82 bits per heavy atom. The molecule has 7 heteroatoms. The fourth-order valence-electron chi connectivity index (χ4n) is 2.78. The highest BCUT2D eigenvalue weighted by molar-refractivity contribution is 8.02. The van der Waals surface area contributed by atoms with Crippen molar-refractivity contribution in [2.75, 3.05) is 0 Å². The first-order chi connectivity index (χ1) is 13.6. The van der Waals surface area contributed by atoms with E-state index in [1.54, 1.807) is 17.4 Å². The summed E-state index contributed by atoms with van der Waals surface area (Å²) in [7, 11) is 0. The van der Waals surface area contributed by atoms with Crippen molar-refractivity contribution in [3.63, 3.8) is 0 Å². The van der Waals surface area contributed by atoms with Gasteiger partial charge in [-0.2, -0.15) is 5.10 Å². The highest BCUT2D eigenvalue weighted by Gasteiger charge is 2.16. The normalized spacial score (nSPS) is 12.6. The van der Waals surface area contributed by atoms with E-state index in [2.05, 4.69) is 15.5 Å². The van der Waals surface area contributed by atoms with E-state index in [1.165, 1.54) is 18.0 Å². The largest absolute Gasteiger partial charge is 0.507 e. The summed E-state index contributed by atoms with van der Waals surface area (Å²) in [6, 6.07) is 19.1. The Balaban J connectivity index is 1.44. The molecule has 1 aromatic heterocycles. The summed E-state index contributed by atoms with van der Waals surface area (Å²) >= 11 is 2.97. The van der Waals surface area contributed by atoms with Gasteiger partial charge in [0.1, 0.15) is 5.75 Å². The summed E-state index contributed by atoms with van der Waals surface area (Å²) in [6.45, 7) is 1.82. The van der Waals surface area contributed by atoms with Crippen molar-refractivity contribution in [1.29, 1.82) is 0 Å². The molecule has 4 aromatic rings. The number of hydrazone groups is 1. The number of nitrogens with one attached hydrogen (secondary N) is 1. The predicted molar refractivity (Wildman–Crippen MR) is 116 cm³/mol. The van der Waals surface area contributed by atoms with Gasteiger partial charge in [0.2, 0.25) is 0 Å². The number of amides is 1. The van der Waals surface area contributed by atoms with Gasteiger partial charge in [-0.15, -0.1) is 11.3 Å². The number of thiazole rings is 1. The standard InChI is InChI=1S/C21H17N3O2S2/c1-13(27-21-23-17-8-4-5-9-19(17)28-21)20(26)24-22-12-16-15-7-3-2-6-14(15)10-11-18(16)25/h2-13,25H,1H3,(H,24,26). The second kappa shape index (κ2) is 8.00. The molecule has 0 saturated heterocycles. The average molecular weight is 408 g/mol. The van der Waals surface area contributed by atoms with Crippen LogP contribution >= 0.6 is 23.1 Å². The SMILES string of the molecule is CC(Sc1nc2ccccc2s1)C(=O)NN=Cc1c(O)ccc2ccccc12. The summed E-state index contributed by atoms with van der Waals surface area (Å²) in [5, 5.41) is 15.7. The fraction of sp³-hybridized carbons (Fsp3) is 0.0952. The van der Waals surface area contributed by atoms with Gasteiger partial charge in [-0.25, -0.2) is 10.4 Å². The van der Waals surface area contributed by atoms with E-state index in [4.69, 9.17) is 0 Å². The number of carbonyl (C=O) groups is 1. The number of rotatable bonds is 5. The van der Waals surface area contributed by atoms with Crippen LogP contribution in [-0.2, 0) is 4.79 Å². The maximum Gasteiger partial charge on any atom is 0.253 e. The molecule has 0 aliphatic heterocycles. The van der Waals surface area contributed by atoms with E-state index in [1.807, 2.05) is 61.5 Å². The molecule has 0 spiro atoms. The molecule has 140 valence electrons. The van der Waals surface area contributed by atoms with Gasteiger partial charge in [-0.3, -0.25) is 4.79 Å². The number of hydrogen-bond acceptors (Lipinski definition) is 6. The van der Waals surface area contributed by atoms with Crippen molar-refractivity contribution >= 4 is 56.2 Å². The Morgan fingerprint density at radius 1 is 1.18 bits per heavy atom. The van der Waals surface area contributed by atoms with Crippen LogP contribution in [0.15, 0.2) is 70.1 Å². The zero-order valence-electron chi connectivity index (χ0n) is 15.0. The quantitative estimate of drug-likeness (QED) is 0.283. The van der Waals surface area contributed by atoms with Crippen LogP contribution in [0.25, 0.3) is 21.0 Å². The maximum atomic E-state index is 12.4. The van der Waals surface area contributed by atoms with Gasteiger partial charge >= 0.3 is 0 Å². The second-order valence-corrected chi connectivity index (χ2v) is 8.78. The Labute approximate surface area is 170 Å². The number of fused-ring (bicyclic) bond motifs is 2. The summed E-state index contributed by atoms with van der Waals surface area (Å²) in [6.07, 6.45) is 1.48. The minimum atomic E-state index is -0.348. The first-order valence-electron chi connectivity index (χ1n) is 8.67. The molecule has 1 unspecified atom stereocenters. The molecule has 1 atom stereocenters. The minimum absolute atomic E-state index is 0.119. The lowest BCUT2D eigenvalue weighted by Crippen LogP contribution is -2.26. The highest BCUT2D eigenvalue weighted by Crippen LogP contribution is 2.32. The Morgan fingerprint density at radius 2 is 1.96 bits per heavy atom. The van der Waals surface area contributed by atoms with Crippen LogP contribution < -0.4 is 5.43 Å². The molecule has 0 radical (unpaired) electrons. The second-order valence-electron chi connectivity index (χ2n) is 6.16. The van der Waals surface area contributed by atoms with Gasteiger partial charge in [0, 0.05) is 5.56 Å². The maximum absolute atomic E-state index is 12.4. The Bertz CT molecular complexity index is 1150. The molecule has 0 fully saturated rings. The van der Waals surface area contributed by atoms with Crippen molar-refractivity contribution in [2.45, 2.75) is 16.5 Å². The number of aromatic nitrogens is 1. The Hall–Kier alpha value is -2.90. The molecule has 5 nitrogen and oxygen atoms in total. The molecule has 2 N–H and O–H groups in total. The number of thioether (sulfide) groups is 1. The number of benzene rings is 3. The van der Waals surface area contributed by atoms with E-state index in [0.29, 0.717) is 5.56 Å². The van der Waals surface area contributed by atoms with Crippen molar-refractivity contribution in [1.82, 2.24) is 10.4 Å². The van der Waals surface area contributed by atoms with Crippen molar-refractivity contribution in [3.05, 3.63) is 66.2 Å². The number of aromatic hydroxyl groups is 1. The lowest BCUT2D eigenvalue weighted by Gasteiger charge is -2.07. The van der Waals surface area contributed by atoms with E-state index < -0.39 is 0 Å². The summed E-state index contributed by atoms with van der Waals surface area (Å²) in [5.74, 6) is -0.103. The van der Waals surface area contributed by atoms with Crippen molar-refractivity contribution in [3.8, 4) is 5.75 Å². The number of phenols is 1. The zero-order valence-corrected chi connectivity index (χ0v) is 16.6. The average Bonchev–Trinajstić information content (AvgIpc) is 3.11. The van der Waals surface area contributed by atoms with Gasteiger partial charge in [0.25, 0.3) is 5.91 Å². The first-order valence-corrected chi connectivity index (χ1v) is 10.4. The number of carbonyl (C=O) groups excluding carboxylic acids is 1. The van der Waals surface area contributed by atoms with Crippen molar-refractivity contribution < 1.29 is 9.90 Å². The van der Waals surface area contributed by atoms with Crippen LogP contribution in [0.3, 0.4) is 0 Å². The summed E-state index contributed by atoms with van der Waals surface area (Å²) in [4.78, 5) is 16.9. The third-order valence-electron chi connectivity index (χ3n) is 4.24. The summed E-state index contributed by atoms with van der Waals surface area (Å²) in [5.41, 5.74) is 4.06. The van der Waals surface area contributed by atoms with Gasteiger partial charge in [0.05, 0.1) is 21.7 Å². The van der Waals surface area contributed by atoms with E-state index in [-0.39, 0.29) is 16.9 Å². The van der Waals surface area contributed by atoms with Crippen LogP contribution in [0.5, 0.6) is 5.75 Å². The van der Waals surface area contributed by atoms with Crippen molar-refractivity contribution in [2.24, 2.45) is 5.10 Å². The molecule has 0 bridgehead atoms. The summed E-state index contributed by atoms with van der Waals surface area (Å²) < 4.78 is 1.95. The van der Waals surface area contributed by atoms with Gasteiger partial charge in [0.15, 0.2) is 4.34 Å². The van der Waals surface area contributed by atoms with E-state index in [9.17, 15) is 9.90 Å². The predicted octanol–water partition coefficient (Wildman–Crippen LogP) is 4.79. The highest BCUT2D eigenvalue weighted by atomic mass is 32.2. The molecule has 1 amide bonds. The van der Waals surface area contributed by atoms with Crippen LogP contribution in [0.1, 0.15) is 12.5 Å².